The Bertz CT molecular complexity index is 1280. The molecule has 290 valence electrons. The number of halogens is 1. The number of carbonyl (C=O) groups is 3. The number of nitrogens with one attached hydrogen (secondary N) is 3. The van der Waals surface area contributed by atoms with Crippen molar-refractivity contribution in [2.24, 2.45) is 0 Å². The molecular weight excluding hydrogens is 686 g/mol. The SMILES string of the molecule is COc1cc(N)c(Cl)cc1C(=O)N[C@@H]1CCN(CCCCCC(=O)NCCCCCCCC(=O)N[C@H]2C[C@](O)(CO)[C@@H](O)[C@H](O)[C@H]2O)C[C@@H]1OC. The summed E-state index contributed by atoms with van der Waals surface area (Å²) in [6.45, 7) is 2.17. The largest absolute Gasteiger partial charge is 0.496 e. The summed E-state index contributed by atoms with van der Waals surface area (Å²) in [5, 5.41) is 58.6. The van der Waals surface area contributed by atoms with Crippen molar-refractivity contribution in [3.8, 4) is 5.75 Å². The highest BCUT2D eigenvalue weighted by molar-refractivity contribution is 6.33. The number of ether oxygens (including phenoxy) is 2. The van der Waals surface area contributed by atoms with Gasteiger partial charge in [0.1, 0.15) is 29.7 Å². The Morgan fingerprint density at radius 3 is 2.29 bits per heavy atom. The second-order valence-electron chi connectivity index (χ2n) is 13.8. The first-order chi connectivity index (χ1) is 24.3. The third kappa shape index (κ3) is 12.7. The van der Waals surface area contributed by atoms with Crippen LogP contribution in [0.1, 0.15) is 87.4 Å². The minimum Gasteiger partial charge on any atom is -0.496 e. The molecule has 0 spiro atoms. The molecule has 0 bridgehead atoms. The molecule has 1 aliphatic carbocycles. The minimum absolute atomic E-state index is 0.0392. The molecular formula is C35H58ClN5O10. The van der Waals surface area contributed by atoms with Crippen molar-refractivity contribution >= 4 is 35.0 Å². The van der Waals surface area contributed by atoms with Crippen molar-refractivity contribution in [2.45, 2.75) is 119 Å². The summed E-state index contributed by atoms with van der Waals surface area (Å²) in [6.07, 6.45) is 2.85. The Hall–Kier alpha value is -2.76. The molecule has 3 amide bonds. The van der Waals surface area contributed by atoms with Crippen LogP contribution >= 0.6 is 11.6 Å². The van der Waals surface area contributed by atoms with Gasteiger partial charge in [0.05, 0.1) is 48.2 Å². The van der Waals surface area contributed by atoms with Crippen LogP contribution < -0.4 is 26.4 Å². The highest BCUT2D eigenvalue weighted by atomic mass is 35.5. The number of nitrogens with zero attached hydrogens (tertiary/aromatic N) is 1. The molecule has 2 aliphatic rings. The number of aliphatic hydroxyl groups excluding tert-OH is 4. The summed E-state index contributed by atoms with van der Waals surface area (Å²) in [4.78, 5) is 39.9. The Kier molecular flexibility index (Phi) is 17.6. The molecule has 2 fully saturated rings. The molecule has 1 heterocycles. The lowest BCUT2D eigenvalue weighted by molar-refractivity contribution is -0.206. The van der Waals surface area contributed by atoms with E-state index in [0.29, 0.717) is 42.9 Å². The maximum Gasteiger partial charge on any atom is 0.255 e. The molecule has 3 rings (SSSR count). The topological polar surface area (TPSA) is 236 Å². The zero-order valence-corrected chi connectivity index (χ0v) is 30.6. The number of methoxy groups -OCH3 is 2. The average Bonchev–Trinajstić information content (AvgIpc) is 3.11. The van der Waals surface area contributed by atoms with E-state index in [9.17, 15) is 39.9 Å². The highest BCUT2D eigenvalue weighted by Crippen LogP contribution is 2.30. The van der Waals surface area contributed by atoms with Crippen LogP contribution in [0.3, 0.4) is 0 Å². The van der Waals surface area contributed by atoms with E-state index in [-0.39, 0.29) is 47.7 Å². The zero-order chi connectivity index (χ0) is 37.6. The first kappa shape index (κ1) is 42.7. The van der Waals surface area contributed by atoms with Gasteiger partial charge in [-0.3, -0.25) is 14.4 Å². The number of unbranched alkanes of at least 4 members (excludes halogenated alkanes) is 6. The molecule has 7 atom stereocenters. The van der Waals surface area contributed by atoms with E-state index in [1.807, 2.05) is 0 Å². The van der Waals surface area contributed by atoms with Crippen LogP contribution in [-0.2, 0) is 14.3 Å². The lowest BCUT2D eigenvalue weighted by atomic mass is 9.76. The summed E-state index contributed by atoms with van der Waals surface area (Å²) in [6, 6.07) is 1.90. The van der Waals surface area contributed by atoms with Gasteiger partial charge in [-0.05, 0) is 44.7 Å². The number of benzene rings is 1. The first-order valence-corrected chi connectivity index (χ1v) is 18.3. The van der Waals surface area contributed by atoms with Crippen molar-refractivity contribution in [1.29, 1.82) is 0 Å². The quantitative estimate of drug-likeness (QED) is 0.0655. The first-order valence-electron chi connectivity index (χ1n) is 18.0. The van der Waals surface area contributed by atoms with E-state index >= 15 is 0 Å². The molecule has 1 aliphatic heterocycles. The zero-order valence-electron chi connectivity index (χ0n) is 29.8. The third-order valence-corrected chi connectivity index (χ3v) is 10.3. The molecule has 0 unspecified atom stereocenters. The number of amides is 3. The Morgan fingerprint density at radius 1 is 0.941 bits per heavy atom. The van der Waals surface area contributed by atoms with Crippen LogP contribution in [-0.4, -0.2) is 137 Å². The van der Waals surface area contributed by atoms with Gasteiger partial charge in [-0.25, -0.2) is 0 Å². The predicted molar refractivity (Wildman–Crippen MR) is 191 cm³/mol. The lowest BCUT2D eigenvalue weighted by Crippen LogP contribution is -2.67. The average molecular weight is 744 g/mol. The summed E-state index contributed by atoms with van der Waals surface area (Å²) < 4.78 is 11.0. The van der Waals surface area contributed by atoms with Gasteiger partial charge in [0, 0.05) is 52.1 Å². The number of nitrogen functional groups attached to an aromatic ring is 1. The predicted octanol–water partition coefficient (Wildman–Crippen LogP) is 0.462. The van der Waals surface area contributed by atoms with E-state index in [1.165, 1.54) is 19.2 Å². The summed E-state index contributed by atoms with van der Waals surface area (Å²) in [5.74, 6) is -0.244. The fraction of sp³-hybridized carbons (Fsp3) is 0.743. The molecule has 10 N–H and O–H groups in total. The van der Waals surface area contributed by atoms with Gasteiger partial charge in [-0.2, -0.15) is 0 Å². The van der Waals surface area contributed by atoms with Gasteiger partial charge >= 0.3 is 0 Å². The normalized spacial score (nSPS) is 26.7. The van der Waals surface area contributed by atoms with E-state index in [0.717, 1.165) is 64.5 Å². The lowest BCUT2D eigenvalue weighted by Gasteiger charge is -2.45. The Morgan fingerprint density at radius 2 is 1.61 bits per heavy atom. The number of aliphatic hydroxyl groups is 5. The molecule has 15 nitrogen and oxygen atoms in total. The fourth-order valence-electron chi connectivity index (χ4n) is 6.74. The molecule has 0 aromatic heterocycles. The van der Waals surface area contributed by atoms with Gasteiger partial charge in [-0.15, -0.1) is 0 Å². The van der Waals surface area contributed by atoms with E-state index in [1.54, 1.807) is 7.11 Å². The number of piperidine rings is 1. The fourth-order valence-corrected chi connectivity index (χ4v) is 6.91. The third-order valence-electron chi connectivity index (χ3n) is 9.94. The summed E-state index contributed by atoms with van der Waals surface area (Å²) in [5.41, 5.74) is 4.50. The van der Waals surface area contributed by atoms with Crippen LogP contribution in [0.4, 0.5) is 5.69 Å². The van der Waals surface area contributed by atoms with Crippen LogP contribution in [0.2, 0.25) is 5.02 Å². The highest BCUT2D eigenvalue weighted by Gasteiger charge is 2.51. The standard InChI is InChI=1S/C35H58ClN5O10/c1-50-27-18-24(37)23(36)17-22(27)34(48)40-25-13-16-41(20-28(25)51-2)15-10-6-8-11-29(43)38-14-9-5-3-4-7-12-30(44)39-26-19-35(49,21-42)33(47)32(46)31(26)45/h17-18,25-26,28,31-33,42,45-47,49H,3-16,19-21,37H2,1-2H3,(H,38,43)(H,39,44)(H,40,48)/t25-,26+,28+,31+,32-,33+,35+/m1/s1. The van der Waals surface area contributed by atoms with Crippen molar-refractivity contribution in [2.75, 3.05) is 52.7 Å². The maximum absolute atomic E-state index is 13.0. The molecule has 1 aromatic rings. The van der Waals surface area contributed by atoms with Crippen LogP contribution in [0.15, 0.2) is 12.1 Å². The van der Waals surface area contributed by atoms with Crippen LogP contribution in [0.5, 0.6) is 5.75 Å². The monoisotopic (exact) mass is 743 g/mol. The van der Waals surface area contributed by atoms with Crippen molar-refractivity contribution in [3.63, 3.8) is 0 Å². The molecule has 1 saturated carbocycles. The second-order valence-corrected chi connectivity index (χ2v) is 14.2. The van der Waals surface area contributed by atoms with Crippen molar-refractivity contribution in [1.82, 2.24) is 20.9 Å². The number of hydrogen-bond acceptors (Lipinski definition) is 12. The van der Waals surface area contributed by atoms with E-state index in [2.05, 4.69) is 20.9 Å². The second kappa shape index (κ2) is 21.1. The number of anilines is 1. The number of carbonyl (C=O) groups excluding carboxylic acids is 3. The molecule has 0 radical (unpaired) electrons. The molecule has 1 aromatic carbocycles. The maximum atomic E-state index is 13.0. The van der Waals surface area contributed by atoms with Gasteiger partial charge in [0.15, 0.2) is 0 Å². The van der Waals surface area contributed by atoms with E-state index in [4.69, 9.17) is 26.8 Å². The Labute approximate surface area is 305 Å². The van der Waals surface area contributed by atoms with Gasteiger partial charge in [-0.1, -0.05) is 37.3 Å². The number of likely N-dealkylation sites (tertiary alicyclic amines) is 1. The molecule has 51 heavy (non-hydrogen) atoms. The smallest absolute Gasteiger partial charge is 0.255 e. The number of hydrogen-bond donors (Lipinski definition) is 9. The van der Waals surface area contributed by atoms with Crippen LogP contribution in [0, 0.1) is 0 Å². The summed E-state index contributed by atoms with van der Waals surface area (Å²) in [7, 11) is 3.12. The number of rotatable bonds is 20. The Balaban J connectivity index is 1.19. The van der Waals surface area contributed by atoms with Gasteiger partial charge in [0.25, 0.3) is 5.91 Å². The minimum atomic E-state index is -2.00. The van der Waals surface area contributed by atoms with E-state index < -0.39 is 36.6 Å². The molecule has 16 heteroatoms. The van der Waals surface area contributed by atoms with Crippen LogP contribution in [0.25, 0.3) is 0 Å². The van der Waals surface area contributed by atoms with Crippen molar-refractivity contribution in [3.05, 3.63) is 22.7 Å². The van der Waals surface area contributed by atoms with Gasteiger partial charge < -0.3 is 61.6 Å². The van der Waals surface area contributed by atoms with Gasteiger partial charge in [0.2, 0.25) is 11.8 Å². The molecule has 1 saturated heterocycles. The summed E-state index contributed by atoms with van der Waals surface area (Å²) >= 11 is 6.14. The number of nitrogens with two attached hydrogens (primary N) is 1. The van der Waals surface area contributed by atoms with Crippen molar-refractivity contribution < 1.29 is 49.4 Å².